The minimum atomic E-state index is -0.769. The Morgan fingerprint density at radius 3 is 2.57 bits per heavy atom. The van der Waals surface area contributed by atoms with E-state index in [1.54, 1.807) is 24.3 Å². The summed E-state index contributed by atoms with van der Waals surface area (Å²) >= 11 is 0. The number of hydrogen-bond acceptors (Lipinski definition) is 6. The smallest absolute Gasteiger partial charge is 0.304 e. The van der Waals surface area contributed by atoms with Gasteiger partial charge >= 0.3 is 5.97 Å². The Kier molecular flexibility index (Phi) is 7.85. The van der Waals surface area contributed by atoms with E-state index >= 15 is 0 Å². The SMILES string of the molecule is CCCc1cc(C)cc(C(Nc2ccc(C#N)cc2)OC(C)=O)c1OCCO. The summed E-state index contributed by atoms with van der Waals surface area (Å²) in [5.74, 6) is 0.187. The minimum Gasteiger partial charge on any atom is -0.490 e. The first-order valence-electron chi connectivity index (χ1n) is 9.29. The van der Waals surface area contributed by atoms with Gasteiger partial charge in [-0.15, -0.1) is 0 Å². The van der Waals surface area contributed by atoms with E-state index in [0.717, 1.165) is 24.0 Å². The third kappa shape index (κ3) is 5.73. The van der Waals surface area contributed by atoms with Crippen molar-refractivity contribution in [2.75, 3.05) is 18.5 Å². The number of anilines is 1. The molecule has 6 nitrogen and oxygen atoms in total. The molecule has 148 valence electrons. The summed E-state index contributed by atoms with van der Waals surface area (Å²) in [6.45, 7) is 5.45. The van der Waals surface area contributed by atoms with E-state index in [4.69, 9.17) is 14.7 Å². The van der Waals surface area contributed by atoms with Gasteiger partial charge in [0.2, 0.25) is 6.23 Å². The zero-order valence-corrected chi connectivity index (χ0v) is 16.5. The van der Waals surface area contributed by atoms with E-state index in [0.29, 0.717) is 22.6 Å². The Morgan fingerprint density at radius 2 is 2.00 bits per heavy atom. The fourth-order valence-electron chi connectivity index (χ4n) is 2.98. The number of hydrogen-bond donors (Lipinski definition) is 2. The summed E-state index contributed by atoms with van der Waals surface area (Å²) in [6, 6.07) is 12.9. The van der Waals surface area contributed by atoms with Crippen LogP contribution in [0.3, 0.4) is 0 Å². The molecular weight excluding hydrogens is 356 g/mol. The fraction of sp³-hybridized carbons (Fsp3) is 0.364. The van der Waals surface area contributed by atoms with Crippen LogP contribution in [0, 0.1) is 18.3 Å². The first kappa shape index (κ1) is 21.3. The molecule has 0 radical (unpaired) electrons. The summed E-state index contributed by atoms with van der Waals surface area (Å²) in [5.41, 5.74) is 3.97. The lowest BCUT2D eigenvalue weighted by atomic mass is 10.00. The number of nitriles is 1. The second kappa shape index (κ2) is 10.3. The van der Waals surface area contributed by atoms with Crippen molar-refractivity contribution in [3.63, 3.8) is 0 Å². The molecule has 2 rings (SSSR count). The van der Waals surface area contributed by atoms with Crippen LogP contribution in [0.1, 0.15) is 48.8 Å². The number of rotatable bonds is 9. The van der Waals surface area contributed by atoms with Gasteiger partial charge in [-0.3, -0.25) is 4.79 Å². The fourth-order valence-corrected chi connectivity index (χ4v) is 2.98. The summed E-state index contributed by atoms with van der Waals surface area (Å²) < 4.78 is 11.4. The highest BCUT2D eigenvalue weighted by Gasteiger charge is 2.22. The molecule has 0 amide bonds. The monoisotopic (exact) mass is 382 g/mol. The number of aliphatic hydroxyl groups is 1. The van der Waals surface area contributed by atoms with Gasteiger partial charge in [-0.1, -0.05) is 25.0 Å². The van der Waals surface area contributed by atoms with Crippen molar-refractivity contribution in [1.29, 1.82) is 5.26 Å². The minimum absolute atomic E-state index is 0.111. The predicted molar refractivity (Wildman–Crippen MR) is 107 cm³/mol. The van der Waals surface area contributed by atoms with E-state index in [2.05, 4.69) is 18.3 Å². The van der Waals surface area contributed by atoms with Crippen molar-refractivity contribution in [1.82, 2.24) is 0 Å². The molecule has 28 heavy (non-hydrogen) atoms. The molecule has 0 bridgehead atoms. The summed E-state index contributed by atoms with van der Waals surface area (Å²) in [4.78, 5) is 11.8. The molecule has 0 aromatic heterocycles. The standard InChI is InChI=1S/C22H26N2O4/c1-4-5-18-12-15(2)13-20(21(18)27-11-10-25)22(28-16(3)26)24-19-8-6-17(14-23)7-9-19/h6-9,12-13,22,24-25H,4-5,10-11H2,1-3H3. The number of aryl methyl sites for hydroxylation is 2. The Balaban J connectivity index is 2.47. The lowest BCUT2D eigenvalue weighted by Crippen LogP contribution is -2.20. The van der Waals surface area contributed by atoms with Gasteiger partial charge < -0.3 is 19.9 Å². The van der Waals surface area contributed by atoms with Gasteiger partial charge in [0.05, 0.1) is 23.8 Å². The number of aliphatic hydroxyl groups excluding tert-OH is 1. The molecule has 1 unspecified atom stereocenters. The third-order valence-electron chi connectivity index (χ3n) is 4.07. The summed E-state index contributed by atoms with van der Waals surface area (Å²) in [5, 5.41) is 21.4. The highest BCUT2D eigenvalue weighted by atomic mass is 16.6. The average molecular weight is 382 g/mol. The number of esters is 1. The second-order valence-corrected chi connectivity index (χ2v) is 6.49. The van der Waals surface area contributed by atoms with Crippen molar-refractivity contribution < 1.29 is 19.4 Å². The molecule has 1 atom stereocenters. The molecular formula is C22H26N2O4. The van der Waals surface area contributed by atoms with Gasteiger partial charge in [0.1, 0.15) is 12.4 Å². The van der Waals surface area contributed by atoms with Crippen LogP contribution >= 0.6 is 0 Å². The maximum Gasteiger partial charge on any atom is 0.304 e. The van der Waals surface area contributed by atoms with Crippen LogP contribution in [-0.4, -0.2) is 24.3 Å². The maximum absolute atomic E-state index is 11.8. The van der Waals surface area contributed by atoms with Crippen LogP contribution in [0.2, 0.25) is 0 Å². The van der Waals surface area contributed by atoms with E-state index < -0.39 is 12.2 Å². The Labute approximate surface area is 165 Å². The average Bonchev–Trinajstić information content (AvgIpc) is 2.67. The van der Waals surface area contributed by atoms with E-state index in [-0.39, 0.29) is 13.2 Å². The number of ether oxygens (including phenoxy) is 2. The maximum atomic E-state index is 11.8. The number of carbonyl (C=O) groups is 1. The van der Waals surface area contributed by atoms with E-state index in [9.17, 15) is 9.90 Å². The van der Waals surface area contributed by atoms with Crippen molar-refractivity contribution >= 4 is 11.7 Å². The van der Waals surface area contributed by atoms with E-state index in [1.165, 1.54) is 6.92 Å². The van der Waals surface area contributed by atoms with Crippen molar-refractivity contribution in [2.24, 2.45) is 0 Å². The third-order valence-corrected chi connectivity index (χ3v) is 4.07. The summed E-state index contributed by atoms with van der Waals surface area (Å²) in [6.07, 6.45) is 0.966. The first-order chi connectivity index (χ1) is 13.5. The second-order valence-electron chi connectivity index (χ2n) is 6.49. The Morgan fingerprint density at radius 1 is 1.29 bits per heavy atom. The van der Waals surface area contributed by atoms with Crippen molar-refractivity contribution in [2.45, 2.75) is 39.8 Å². The number of carbonyl (C=O) groups excluding carboxylic acids is 1. The molecule has 2 aromatic carbocycles. The van der Waals surface area contributed by atoms with Gasteiger partial charge in [-0.25, -0.2) is 0 Å². The molecule has 2 N–H and O–H groups in total. The molecule has 0 heterocycles. The van der Waals surface area contributed by atoms with Gasteiger partial charge in [0.25, 0.3) is 0 Å². The number of benzene rings is 2. The lowest BCUT2D eigenvalue weighted by Gasteiger charge is -2.24. The van der Waals surface area contributed by atoms with Crippen LogP contribution in [0.25, 0.3) is 0 Å². The first-order valence-corrected chi connectivity index (χ1v) is 9.29. The predicted octanol–water partition coefficient (Wildman–Crippen LogP) is 3.86. The molecule has 0 saturated carbocycles. The topological polar surface area (TPSA) is 91.6 Å². The van der Waals surface area contributed by atoms with Crippen LogP contribution in [-0.2, 0) is 16.0 Å². The Bertz CT molecular complexity index is 841. The Hall–Kier alpha value is -3.04. The van der Waals surface area contributed by atoms with Gasteiger partial charge in [-0.2, -0.15) is 5.26 Å². The zero-order valence-electron chi connectivity index (χ0n) is 16.5. The molecule has 0 aliphatic carbocycles. The lowest BCUT2D eigenvalue weighted by molar-refractivity contribution is -0.145. The molecule has 0 aliphatic rings. The van der Waals surface area contributed by atoms with E-state index in [1.807, 2.05) is 19.1 Å². The van der Waals surface area contributed by atoms with Crippen molar-refractivity contribution in [3.05, 3.63) is 58.7 Å². The quantitative estimate of drug-likeness (QED) is 0.505. The van der Waals surface area contributed by atoms with Crippen LogP contribution in [0.15, 0.2) is 36.4 Å². The molecule has 0 spiro atoms. The molecule has 2 aromatic rings. The largest absolute Gasteiger partial charge is 0.490 e. The summed E-state index contributed by atoms with van der Waals surface area (Å²) in [7, 11) is 0. The highest BCUT2D eigenvalue weighted by Crippen LogP contribution is 2.34. The highest BCUT2D eigenvalue weighted by molar-refractivity contribution is 5.67. The van der Waals surface area contributed by atoms with Gasteiger partial charge in [0, 0.05) is 12.6 Å². The van der Waals surface area contributed by atoms with Crippen molar-refractivity contribution in [3.8, 4) is 11.8 Å². The normalized spacial score (nSPS) is 11.4. The van der Waals surface area contributed by atoms with Crippen LogP contribution < -0.4 is 10.1 Å². The zero-order chi connectivity index (χ0) is 20.5. The molecule has 0 fully saturated rings. The molecule has 0 aliphatic heterocycles. The number of nitrogens with one attached hydrogen (secondary N) is 1. The van der Waals surface area contributed by atoms with Gasteiger partial charge in [-0.05, 0) is 49.2 Å². The molecule has 6 heteroatoms. The van der Waals surface area contributed by atoms with Crippen LogP contribution in [0.5, 0.6) is 5.75 Å². The van der Waals surface area contributed by atoms with Crippen LogP contribution in [0.4, 0.5) is 5.69 Å². The molecule has 0 saturated heterocycles. The van der Waals surface area contributed by atoms with Gasteiger partial charge in [0.15, 0.2) is 0 Å². The number of nitrogens with zero attached hydrogens (tertiary/aromatic N) is 1.